The lowest BCUT2D eigenvalue weighted by Crippen LogP contribution is -2.04. The number of aromatic amines is 1. The van der Waals surface area contributed by atoms with E-state index >= 15 is 4.39 Å². The zero-order chi connectivity index (χ0) is 25.7. The number of halogens is 2. The van der Waals surface area contributed by atoms with Gasteiger partial charge < -0.3 is 14.8 Å². The van der Waals surface area contributed by atoms with E-state index in [2.05, 4.69) is 10.1 Å². The number of aryl methyl sites for hydroxylation is 3. The second-order valence-corrected chi connectivity index (χ2v) is 9.44. The molecule has 6 rings (SSSR count). The van der Waals surface area contributed by atoms with E-state index in [1.165, 1.54) is 18.2 Å². The van der Waals surface area contributed by atoms with Crippen LogP contribution in [0.15, 0.2) is 48.5 Å². The van der Waals surface area contributed by atoms with E-state index < -0.39 is 11.8 Å². The molecule has 37 heavy (non-hydrogen) atoms. The lowest BCUT2D eigenvalue weighted by molar-refractivity contribution is 0.0690. The van der Waals surface area contributed by atoms with Crippen LogP contribution in [0.1, 0.15) is 40.3 Å². The molecule has 6 nitrogen and oxygen atoms in total. The van der Waals surface area contributed by atoms with Crippen LogP contribution in [-0.2, 0) is 19.4 Å². The number of benzene rings is 3. The largest absolute Gasteiger partial charge is 0.493 e. The van der Waals surface area contributed by atoms with Crippen LogP contribution in [0.5, 0.6) is 5.75 Å². The van der Waals surface area contributed by atoms with Gasteiger partial charge in [0.15, 0.2) is 0 Å². The van der Waals surface area contributed by atoms with Gasteiger partial charge in [-0.2, -0.15) is 5.10 Å². The first-order valence-corrected chi connectivity index (χ1v) is 12.4. The van der Waals surface area contributed by atoms with Crippen molar-refractivity contribution < 1.29 is 23.4 Å². The predicted molar refractivity (Wildman–Crippen MR) is 137 cm³/mol. The van der Waals surface area contributed by atoms with Crippen molar-refractivity contribution in [3.8, 4) is 16.9 Å². The number of carboxylic acids is 1. The smallest absolute Gasteiger partial charge is 0.352 e. The Morgan fingerprint density at radius 3 is 2.81 bits per heavy atom. The van der Waals surface area contributed by atoms with Gasteiger partial charge in [-0.05, 0) is 80.0 Å². The predicted octanol–water partition coefficient (Wildman–Crippen LogP) is 6.43. The first-order chi connectivity index (χ1) is 17.9. The average molecular weight is 502 g/mol. The molecular weight excluding hydrogens is 476 g/mol. The highest BCUT2D eigenvalue weighted by molar-refractivity contribution is 6.03. The maximum Gasteiger partial charge on any atom is 0.352 e. The normalized spacial score (nSPS) is 12.9. The summed E-state index contributed by atoms with van der Waals surface area (Å²) >= 11 is 0. The third-order valence-electron chi connectivity index (χ3n) is 7.14. The van der Waals surface area contributed by atoms with Crippen LogP contribution in [0.3, 0.4) is 0 Å². The van der Waals surface area contributed by atoms with Crippen molar-refractivity contribution in [3.63, 3.8) is 0 Å². The molecule has 0 atom stereocenters. The van der Waals surface area contributed by atoms with Crippen LogP contribution < -0.4 is 4.74 Å². The third kappa shape index (κ3) is 3.93. The number of rotatable bonds is 7. The standard InChI is InChI=1S/C29H25F2N3O3/c1-16-25(23-7-3-13-34(23)33-16)26-22(31)12-11-21-20(28(29(35)36)32-27(21)26)6-4-14-37-24-8-2-5-17-15-18(30)9-10-19(17)24/h2,5,8-12,15,32H,3-4,6-7,13-14H2,1H3,(H,35,36). The summed E-state index contributed by atoms with van der Waals surface area (Å²) in [6.45, 7) is 3.00. The number of aromatic carboxylic acids is 1. The molecule has 2 aromatic heterocycles. The van der Waals surface area contributed by atoms with Crippen LogP contribution in [-0.4, -0.2) is 32.4 Å². The minimum absolute atomic E-state index is 0.0592. The molecule has 0 bridgehead atoms. The van der Waals surface area contributed by atoms with Crippen molar-refractivity contribution in [2.45, 2.75) is 39.2 Å². The van der Waals surface area contributed by atoms with Gasteiger partial charge in [-0.1, -0.05) is 12.1 Å². The summed E-state index contributed by atoms with van der Waals surface area (Å²) in [6, 6.07) is 13.1. The molecule has 0 unspecified atom stereocenters. The van der Waals surface area contributed by atoms with Crippen LogP contribution in [0.2, 0.25) is 0 Å². The van der Waals surface area contributed by atoms with Gasteiger partial charge in [0.25, 0.3) is 0 Å². The Morgan fingerprint density at radius 2 is 1.97 bits per heavy atom. The summed E-state index contributed by atoms with van der Waals surface area (Å²) in [5.41, 5.74) is 4.01. The van der Waals surface area contributed by atoms with Crippen molar-refractivity contribution >= 4 is 27.6 Å². The molecule has 0 fully saturated rings. The minimum Gasteiger partial charge on any atom is -0.493 e. The van der Waals surface area contributed by atoms with Gasteiger partial charge in [-0.25, -0.2) is 13.6 Å². The zero-order valence-corrected chi connectivity index (χ0v) is 20.3. The Kier molecular flexibility index (Phi) is 5.67. The monoisotopic (exact) mass is 501 g/mol. The van der Waals surface area contributed by atoms with E-state index in [9.17, 15) is 14.3 Å². The van der Waals surface area contributed by atoms with Crippen LogP contribution in [0, 0.1) is 18.6 Å². The zero-order valence-electron chi connectivity index (χ0n) is 20.3. The summed E-state index contributed by atoms with van der Waals surface area (Å²) in [5, 5.41) is 16.8. The Hall–Kier alpha value is -4.20. The summed E-state index contributed by atoms with van der Waals surface area (Å²) < 4.78 is 36.8. The third-order valence-corrected chi connectivity index (χ3v) is 7.14. The topological polar surface area (TPSA) is 80.1 Å². The molecular formula is C29H25F2N3O3. The number of aromatic nitrogens is 3. The molecule has 188 valence electrons. The number of hydrogen-bond acceptors (Lipinski definition) is 3. The second kappa shape index (κ2) is 9.03. The van der Waals surface area contributed by atoms with Crippen molar-refractivity contribution in [1.29, 1.82) is 0 Å². The highest BCUT2D eigenvalue weighted by Crippen LogP contribution is 2.39. The van der Waals surface area contributed by atoms with E-state index in [4.69, 9.17) is 4.74 Å². The SMILES string of the molecule is Cc1nn2c(c1-c1c(F)ccc3c(CCCOc4cccc5cc(F)ccc45)c(C(=O)O)[nH]c13)CCC2. The fourth-order valence-corrected chi connectivity index (χ4v) is 5.55. The van der Waals surface area contributed by atoms with E-state index in [0.29, 0.717) is 47.2 Å². The van der Waals surface area contributed by atoms with Crippen LogP contribution >= 0.6 is 0 Å². The Balaban J connectivity index is 1.32. The van der Waals surface area contributed by atoms with E-state index in [1.54, 1.807) is 12.1 Å². The molecule has 0 spiro atoms. The number of nitrogens with one attached hydrogen (secondary N) is 1. The van der Waals surface area contributed by atoms with Crippen LogP contribution in [0.25, 0.3) is 32.8 Å². The molecule has 3 heterocycles. The average Bonchev–Trinajstić information content (AvgIpc) is 3.55. The molecule has 5 aromatic rings. The number of nitrogens with zero attached hydrogens (tertiary/aromatic N) is 2. The van der Waals surface area contributed by atoms with Crippen molar-refractivity contribution in [1.82, 2.24) is 14.8 Å². The lowest BCUT2D eigenvalue weighted by atomic mass is 9.97. The number of fused-ring (bicyclic) bond motifs is 3. The molecule has 8 heteroatoms. The summed E-state index contributed by atoms with van der Waals surface area (Å²) in [6.07, 6.45) is 2.73. The Bertz CT molecular complexity index is 1690. The summed E-state index contributed by atoms with van der Waals surface area (Å²) in [4.78, 5) is 15.2. The summed E-state index contributed by atoms with van der Waals surface area (Å²) in [7, 11) is 0. The van der Waals surface area contributed by atoms with Crippen LogP contribution in [0.4, 0.5) is 8.78 Å². The van der Waals surface area contributed by atoms with Gasteiger partial charge in [-0.15, -0.1) is 0 Å². The highest BCUT2D eigenvalue weighted by atomic mass is 19.1. The molecule has 0 amide bonds. The molecule has 0 aliphatic carbocycles. The van der Waals surface area contributed by atoms with E-state index in [0.717, 1.165) is 47.1 Å². The molecule has 0 radical (unpaired) electrons. The number of H-pyrrole nitrogens is 1. The fourth-order valence-electron chi connectivity index (χ4n) is 5.55. The first-order valence-electron chi connectivity index (χ1n) is 12.4. The van der Waals surface area contributed by atoms with E-state index in [-0.39, 0.29) is 11.5 Å². The number of carbonyl (C=O) groups is 1. The lowest BCUT2D eigenvalue weighted by Gasteiger charge is -2.10. The quantitative estimate of drug-likeness (QED) is 0.252. The van der Waals surface area contributed by atoms with Gasteiger partial charge in [-0.3, -0.25) is 4.68 Å². The van der Waals surface area contributed by atoms with Gasteiger partial charge in [0.2, 0.25) is 0 Å². The molecule has 3 aromatic carbocycles. The second-order valence-electron chi connectivity index (χ2n) is 9.44. The van der Waals surface area contributed by atoms with Gasteiger partial charge in [0, 0.05) is 34.1 Å². The highest BCUT2D eigenvalue weighted by Gasteiger charge is 2.27. The fraction of sp³-hybridized carbons (Fsp3) is 0.241. The summed E-state index contributed by atoms with van der Waals surface area (Å²) in [5.74, 6) is -1.16. The first kappa shape index (κ1) is 23.2. The van der Waals surface area contributed by atoms with Crippen molar-refractivity contribution in [2.75, 3.05) is 6.61 Å². The minimum atomic E-state index is -1.09. The van der Waals surface area contributed by atoms with Gasteiger partial charge in [0.05, 0.1) is 17.8 Å². The number of carboxylic acid groups (broad SMARTS) is 1. The molecule has 1 aliphatic rings. The van der Waals surface area contributed by atoms with Crippen molar-refractivity contribution in [2.24, 2.45) is 0 Å². The Labute approximate surface area is 211 Å². The van der Waals surface area contributed by atoms with Crippen molar-refractivity contribution in [3.05, 3.63) is 82.8 Å². The molecule has 0 saturated heterocycles. The van der Waals surface area contributed by atoms with E-state index in [1.807, 2.05) is 29.8 Å². The number of hydrogen-bond donors (Lipinski definition) is 2. The maximum atomic E-state index is 15.3. The van der Waals surface area contributed by atoms with Gasteiger partial charge >= 0.3 is 5.97 Å². The molecule has 2 N–H and O–H groups in total. The molecule has 1 aliphatic heterocycles. The Morgan fingerprint density at radius 1 is 1.14 bits per heavy atom. The van der Waals surface area contributed by atoms with Gasteiger partial charge in [0.1, 0.15) is 23.1 Å². The maximum absolute atomic E-state index is 15.3. The number of ether oxygens (including phenoxy) is 1. The molecule has 0 saturated carbocycles.